The van der Waals surface area contributed by atoms with Crippen LogP contribution in [0, 0.1) is 0 Å². The van der Waals surface area contributed by atoms with E-state index in [0.29, 0.717) is 0 Å². The average Bonchev–Trinajstić information content (AvgIpc) is 2.84. The van der Waals surface area contributed by atoms with Gasteiger partial charge in [-0.1, -0.05) is 13.8 Å². The Morgan fingerprint density at radius 3 is 2.78 bits per heavy atom. The van der Waals surface area contributed by atoms with Gasteiger partial charge in [0.2, 0.25) is 0 Å². The Morgan fingerprint density at radius 2 is 2.06 bits per heavy atom. The number of carboxylic acid groups (broad SMARTS) is 1. The predicted octanol–water partition coefficient (Wildman–Crippen LogP) is 2.88. The summed E-state index contributed by atoms with van der Waals surface area (Å²) in [5.41, 5.74) is 5.38. The zero-order valence-corrected chi connectivity index (χ0v) is 10.8. The SMILES string of the molecule is CC1(C)CCc2c1nc1c(c2NC(=O)O)CCC1. The van der Waals surface area contributed by atoms with E-state index in [1.54, 1.807) is 0 Å². The van der Waals surface area contributed by atoms with Crippen LogP contribution in [0.3, 0.4) is 0 Å². The Labute approximate surface area is 106 Å². The van der Waals surface area contributed by atoms with Crippen LogP contribution in [-0.2, 0) is 24.7 Å². The van der Waals surface area contributed by atoms with Crippen molar-refractivity contribution in [1.29, 1.82) is 0 Å². The summed E-state index contributed by atoms with van der Waals surface area (Å²) in [6.07, 6.45) is 4.02. The molecule has 0 aromatic carbocycles. The molecule has 1 amide bonds. The zero-order valence-electron chi connectivity index (χ0n) is 10.8. The monoisotopic (exact) mass is 246 g/mol. The van der Waals surface area contributed by atoms with E-state index in [1.807, 2.05) is 0 Å². The summed E-state index contributed by atoms with van der Waals surface area (Å²) in [6.45, 7) is 4.38. The molecular weight excluding hydrogens is 228 g/mol. The van der Waals surface area contributed by atoms with Gasteiger partial charge >= 0.3 is 6.09 Å². The molecule has 96 valence electrons. The number of aromatic nitrogens is 1. The number of nitrogens with zero attached hydrogens (tertiary/aromatic N) is 1. The molecule has 2 aliphatic rings. The maximum absolute atomic E-state index is 11.0. The van der Waals surface area contributed by atoms with E-state index < -0.39 is 6.09 Å². The third-order valence-electron chi connectivity index (χ3n) is 4.20. The lowest BCUT2D eigenvalue weighted by atomic mass is 9.90. The number of hydrogen-bond acceptors (Lipinski definition) is 2. The number of hydrogen-bond donors (Lipinski definition) is 2. The summed E-state index contributed by atoms with van der Waals surface area (Å²) in [7, 11) is 0. The van der Waals surface area contributed by atoms with Crippen LogP contribution in [0.25, 0.3) is 0 Å². The standard InChI is InChI=1S/C14H18N2O2/c1-14(2)7-6-9-11(16-13(17)18)8-4-3-5-10(8)15-12(9)14/h3-7H2,1-2H3,(H,15,16)(H,17,18). The van der Waals surface area contributed by atoms with Crippen LogP contribution < -0.4 is 5.32 Å². The van der Waals surface area contributed by atoms with Gasteiger partial charge in [0.15, 0.2) is 0 Å². The molecule has 4 heteroatoms. The molecular formula is C14H18N2O2. The van der Waals surface area contributed by atoms with E-state index in [2.05, 4.69) is 19.2 Å². The minimum atomic E-state index is -0.970. The van der Waals surface area contributed by atoms with Gasteiger partial charge in [0.05, 0.1) is 11.4 Å². The van der Waals surface area contributed by atoms with Gasteiger partial charge in [-0.15, -0.1) is 0 Å². The Kier molecular flexibility index (Phi) is 2.37. The molecule has 0 saturated carbocycles. The highest BCUT2D eigenvalue weighted by molar-refractivity contribution is 5.86. The third kappa shape index (κ3) is 1.59. The summed E-state index contributed by atoms with van der Waals surface area (Å²) in [5, 5.41) is 11.6. The normalized spacial score (nSPS) is 19.4. The van der Waals surface area contributed by atoms with Crippen LogP contribution >= 0.6 is 0 Å². The summed E-state index contributed by atoms with van der Waals surface area (Å²) >= 11 is 0. The van der Waals surface area contributed by atoms with Crippen LogP contribution in [-0.4, -0.2) is 16.2 Å². The quantitative estimate of drug-likeness (QED) is 0.801. The molecule has 0 fully saturated rings. The fourth-order valence-corrected chi connectivity index (χ4v) is 3.24. The smallest absolute Gasteiger partial charge is 0.409 e. The molecule has 4 nitrogen and oxygen atoms in total. The number of nitrogens with one attached hydrogen (secondary N) is 1. The van der Waals surface area contributed by atoms with Crippen molar-refractivity contribution in [2.45, 2.75) is 51.4 Å². The fourth-order valence-electron chi connectivity index (χ4n) is 3.24. The van der Waals surface area contributed by atoms with Crippen molar-refractivity contribution in [2.24, 2.45) is 0 Å². The van der Waals surface area contributed by atoms with Gasteiger partial charge in [-0.05, 0) is 43.2 Å². The van der Waals surface area contributed by atoms with Crippen molar-refractivity contribution in [3.8, 4) is 0 Å². The molecule has 0 bridgehead atoms. The van der Waals surface area contributed by atoms with Crippen LogP contribution in [0.15, 0.2) is 0 Å². The Morgan fingerprint density at radius 1 is 1.28 bits per heavy atom. The van der Waals surface area contributed by atoms with E-state index in [9.17, 15) is 4.79 Å². The number of pyridine rings is 1. The van der Waals surface area contributed by atoms with Crippen molar-refractivity contribution in [3.05, 3.63) is 22.5 Å². The lowest BCUT2D eigenvalue weighted by Gasteiger charge is -2.20. The highest BCUT2D eigenvalue weighted by Gasteiger charge is 2.36. The molecule has 18 heavy (non-hydrogen) atoms. The largest absolute Gasteiger partial charge is 0.465 e. The van der Waals surface area contributed by atoms with Crippen LogP contribution in [0.2, 0.25) is 0 Å². The number of aryl methyl sites for hydroxylation is 1. The Bertz CT molecular complexity index is 535. The topological polar surface area (TPSA) is 62.2 Å². The second-order valence-electron chi connectivity index (χ2n) is 5.91. The molecule has 1 aromatic rings. The minimum Gasteiger partial charge on any atom is -0.465 e. The van der Waals surface area contributed by atoms with Gasteiger partial charge in [-0.3, -0.25) is 10.3 Å². The lowest BCUT2D eigenvalue weighted by molar-refractivity contribution is 0.209. The van der Waals surface area contributed by atoms with E-state index in [0.717, 1.165) is 60.3 Å². The van der Waals surface area contributed by atoms with Gasteiger partial charge in [0.1, 0.15) is 0 Å². The summed E-state index contributed by atoms with van der Waals surface area (Å²) in [4.78, 5) is 15.8. The van der Waals surface area contributed by atoms with Crippen LogP contribution in [0.4, 0.5) is 10.5 Å². The van der Waals surface area contributed by atoms with Crippen LogP contribution in [0.1, 0.15) is 49.2 Å². The summed E-state index contributed by atoms with van der Waals surface area (Å²) < 4.78 is 0. The van der Waals surface area contributed by atoms with E-state index in [4.69, 9.17) is 10.1 Å². The zero-order chi connectivity index (χ0) is 12.9. The van der Waals surface area contributed by atoms with Gasteiger partial charge in [0, 0.05) is 11.1 Å². The molecule has 0 spiro atoms. The average molecular weight is 246 g/mol. The van der Waals surface area contributed by atoms with Crippen molar-refractivity contribution < 1.29 is 9.90 Å². The van der Waals surface area contributed by atoms with E-state index in [1.165, 1.54) is 0 Å². The molecule has 0 saturated heterocycles. The number of amides is 1. The molecule has 3 rings (SSSR count). The van der Waals surface area contributed by atoms with Crippen LogP contribution in [0.5, 0.6) is 0 Å². The van der Waals surface area contributed by atoms with Gasteiger partial charge in [0.25, 0.3) is 0 Å². The predicted molar refractivity (Wildman–Crippen MR) is 69.3 cm³/mol. The first-order valence-corrected chi connectivity index (χ1v) is 6.54. The minimum absolute atomic E-state index is 0.0713. The molecule has 0 radical (unpaired) electrons. The van der Waals surface area contributed by atoms with Crippen molar-refractivity contribution >= 4 is 11.8 Å². The first-order valence-electron chi connectivity index (χ1n) is 6.54. The Balaban J connectivity index is 2.20. The first-order chi connectivity index (χ1) is 8.49. The molecule has 0 aliphatic heterocycles. The number of fused-ring (bicyclic) bond motifs is 2. The molecule has 0 unspecified atom stereocenters. The van der Waals surface area contributed by atoms with E-state index >= 15 is 0 Å². The summed E-state index contributed by atoms with van der Waals surface area (Å²) in [5.74, 6) is 0. The summed E-state index contributed by atoms with van der Waals surface area (Å²) in [6, 6.07) is 0. The highest BCUT2D eigenvalue weighted by Crippen LogP contribution is 2.44. The Hall–Kier alpha value is -1.58. The lowest BCUT2D eigenvalue weighted by Crippen LogP contribution is -2.17. The molecule has 2 N–H and O–H groups in total. The molecule has 2 aliphatic carbocycles. The molecule has 1 aromatic heterocycles. The second kappa shape index (κ2) is 3.70. The van der Waals surface area contributed by atoms with Crippen molar-refractivity contribution in [3.63, 3.8) is 0 Å². The number of anilines is 1. The maximum atomic E-state index is 11.0. The fraction of sp³-hybridized carbons (Fsp3) is 0.571. The molecule has 1 heterocycles. The van der Waals surface area contributed by atoms with Crippen molar-refractivity contribution in [2.75, 3.05) is 5.32 Å². The van der Waals surface area contributed by atoms with Gasteiger partial charge < -0.3 is 5.11 Å². The van der Waals surface area contributed by atoms with Crippen molar-refractivity contribution in [1.82, 2.24) is 4.98 Å². The molecule has 0 atom stereocenters. The highest BCUT2D eigenvalue weighted by atomic mass is 16.4. The van der Waals surface area contributed by atoms with Gasteiger partial charge in [-0.2, -0.15) is 0 Å². The maximum Gasteiger partial charge on any atom is 0.409 e. The van der Waals surface area contributed by atoms with Gasteiger partial charge in [-0.25, -0.2) is 4.79 Å². The third-order valence-corrected chi connectivity index (χ3v) is 4.20. The number of rotatable bonds is 1. The van der Waals surface area contributed by atoms with E-state index in [-0.39, 0.29) is 5.41 Å². The second-order valence-corrected chi connectivity index (χ2v) is 5.91. The first kappa shape index (κ1) is 11.5. The number of carbonyl (C=O) groups is 1.